The topological polar surface area (TPSA) is 30.2 Å². The van der Waals surface area contributed by atoms with Crippen molar-refractivity contribution in [1.29, 1.82) is 0 Å². The van der Waals surface area contributed by atoms with E-state index in [-0.39, 0.29) is 10.8 Å². The minimum atomic E-state index is -0.242. The van der Waals surface area contributed by atoms with Gasteiger partial charge in [0, 0.05) is 5.41 Å². The third kappa shape index (κ3) is 2.38. The van der Waals surface area contributed by atoms with Gasteiger partial charge in [0.15, 0.2) is 0 Å². The molecule has 1 heterocycles. The molecule has 3 aromatic rings. The Labute approximate surface area is 124 Å². The van der Waals surface area contributed by atoms with Gasteiger partial charge in [-0.1, -0.05) is 63.2 Å². The van der Waals surface area contributed by atoms with Crippen molar-refractivity contribution in [2.45, 2.75) is 26.2 Å². The molecule has 0 atom stereocenters. The number of fused-ring (bicyclic) bond motifs is 1. The average molecular weight is 278 g/mol. The molecular formula is C19H18O2. The first-order chi connectivity index (χ1) is 9.98. The van der Waals surface area contributed by atoms with Gasteiger partial charge in [-0.25, -0.2) is 0 Å². The molecule has 0 amide bonds. The van der Waals surface area contributed by atoms with Crippen LogP contribution in [0.15, 0.2) is 63.8 Å². The van der Waals surface area contributed by atoms with Gasteiger partial charge >= 0.3 is 0 Å². The number of benzene rings is 2. The zero-order valence-corrected chi connectivity index (χ0v) is 12.5. The first-order valence-corrected chi connectivity index (χ1v) is 7.10. The summed E-state index contributed by atoms with van der Waals surface area (Å²) in [5.41, 5.74) is 2.01. The van der Waals surface area contributed by atoms with E-state index in [9.17, 15) is 4.79 Å². The van der Waals surface area contributed by atoms with Gasteiger partial charge in [0.1, 0.15) is 11.3 Å². The molecule has 0 bridgehead atoms. The quantitative estimate of drug-likeness (QED) is 0.642. The Bertz CT molecular complexity index is 837. The largest absolute Gasteiger partial charge is 0.460 e. The zero-order chi connectivity index (χ0) is 15.0. The molecular weight excluding hydrogens is 260 g/mol. The van der Waals surface area contributed by atoms with Gasteiger partial charge in [-0.15, -0.1) is 0 Å². The maximum atomic E-state index is 12.9. The van der Waals surface area contributed by atoms with Gasteiger partial charge < -0.3 is 4.42 Å². The fourth-order valence-corrected chi connectivity index (χ4v) is 2.54. The summed E-state index contributed by atoms with van der Waals surface area (Å²) in [6, 6.07) is 17.2. The summed E-state index contributed by atoms with van der Waals surface area (Å²) in [7, 11) is 0. The first kappa shape index (κ1) is 13.6. The zero-order valence-electron chi connectivity index (χ0n) is 12.5. The molecule has 106 valence electrons. The molecule has 0 spiro atoms. The predicted octanol–water partition coefficient (Wildman–Crippen LogP) is 4.76. The summed E-state index contributed by atoms with van der Waals surface area (Å²) in [6.45, 7) is 6.19. The molecule has 0 N–H and O–H groups in total. The number of hydrogen-bond acceptors (Lipinski definition) is 2. The van der Waals surface area contributed by atoms with Crippen LogP contribution in [0.5, 0.6) is 0 Å². The summed E-state index contributed by atoms with van der Waals surface area (Å²) in [5, 5.41) is 0.629. The van der Waals surface area contributed by atoms with Crippen LogP contribution in [0.4, 0.5) is 0 Å². The van der Waals surface area contributed by atoms with Crippen LogP contribution in [0.2, 0.25) is 0 Å². The Morgan fingerprint density at radius 1 is 0.857 bits per heavy atom. The second kappa shape index (κ2) is 4.88. The van der Waals surface area contributed by atoms with E-state index in [1.807, 2.05) is 54.6 Å². The van der Waals surface area contributed by atoms with E-state index < -0.39 is 0 Å². The molecule has 1 aromatic heterocycles. The first-order valence-electron chi connectivity index (χ1n) is 7.10. The fraction of sp³-hybridized carbons (Fsp3) is 0.211. The van der Waals surface area contributed by atoms with E-state index in [2.05, 4.69) is 20.8 Å². The van der Waals surface area contributed by atoms with E-state index in [0.29, 0.717) is 16.5 Å². The molecule has 2 aromatic carbocycles. The highest BCUT2D eigenvalue weighted by Crippen LogP contribution is 2.33. The number of para-hydroxylation sites is 1. The summed E-state index contributed by atoms with van der Waals surface area (Å²) in [5.74, 6) is 0.734. The van der Waals surface area contributed by atoms with E-state index in [1.54, 1.807) is 0 Å². The minimum absolute atomic E-state index is 0.0352. The Morgan fingerprint density at radius 2 is 1.48 bits per heavy atom. The minimum Gasteiger partial charge on any atom is -0.460 e. The third-order valence-corrected chi connectivity index (χ3v) is 3.54. The van der Waals surface area contributed by atoms with Crippen molar-refractivity contribution in [3.05, 3.63) is 70.6 Å². The standard InChI is InChI=1S/C19H18O2/c1-19(2,3)18-16(13-9-5-4-6-10-13)17(20)14-11-7-8-12-15(14)21-18/h4-12H,1-3H3. The van der Waals surface area contributed by atoms with E-state index in [0.717, 1.165) is 11.3 Å². The van der Waals surface area contributed by atoms with Crippen molar-refractivity contribution in [1.82, 2.24) is 0 Å². The Kier molecular flexibility index (Phi) is 3.17. The van der Waals surface area contributed by atoms with Crippen LogP contribution in [-0.4, -0.2) is 0 Å². The molecule has 0 saturated heterocycles. The summed E-state index contributed by atoms with van der Waals surface area (Å²) < 4.78 is 6.09. The van der Waals surface area contributed by atoms with Crippen LogP contribution in [0.25, 0.3) is 22.1 Å². The fourth-order valence-electron chi connectivity index (χ4n) is 2.54. The van der Waals surface area contributed by atoms with E-state index in [4.69, 9.17) is 4.42 Å². The molecule has 21 heavy (non-hydrogen) atoms. The van der Waals surface area contributed by atoms with Crippen molar-refractivity contribution in [2.75, 3.05) is 0 Å². The van der Waals surface area contributed by atoms with E-state index in [1.165, 1.54) is 0 Å². The van der Waals surface area contributed by atoms with Crippen LogP contribution in [0.1, 0.15) is 26.5 Å². The molecule has 0 aliphatic rings. The van der Waals surface area contributed by atoms with Gasteiger partial charge in [-0.2, -0.15) is 0 Å². The van der Waals surface area contributed by atoms with E-state index >= 15 is 0 Å². The maximum absolute atomic E-state index is 12.9. The van der Waals surface area contributed by atoms with Gasteiger partial charge in [0.05, 0.1) is 10.9 Å². The van der Waals surface area contributed by atoms with Crippen LogP contribution in [0, 0.1) is 0 Å². The smallest absolute Gasteiger partial charge is 0.200 e. The highest BCUT2D eigenvalue weighted by molar-refractivity contribution is 5.83. The van der Waals surface area contributed by atoms with Crippen molar-refractivity contribution in [3.8, 4) is 11.1 Å². The Balaban J connectivity index is 2.46. The summed E-state index contributed by atoms with van der Waals surface area (Å²) in [6.07, 6.45) is 0. The van der Waals surface area contributed by atoms with Crippen LogP contribution >= 0.6 is 0 Å². The van der Waals surface area contributed by atoms with Crippen LogP contribution < -0.4 is 5.43 Å². The van der Waals surface area contributed by atoms with Gasteiger partial charge in [0.2, 0.25) is 5.43 Å². The molecule has 3 rings (SSSR count). The monoisotopic (exact) mass is 278 g/mol. The average Bonchev–Trinajstić information content (AvgIpc) is 2.47. The molecule has 0 fully saturated rings. The van der Waals surface area contributed by atoms with Gasteiger partial charge in [-0.3, -0.25) is 4.79 Å². The van der Waals surface area contributed by atoms with Crippen LogP contribution in [-0.2, 0) is 5.41 Å². The SMILES string of the molecule is CC(C)(C)c1oc2ccccc2c(=O)c1-c1ccccc1. The molecule has 2 nitrogen and oxygen atoms in total. The lowest BCUT2D eigenvalue weighted by atomic mass is 9.86. The number of hydrogen-bond donors (Lipinski definition) is 0. The van der Waals surface area contributed by atoms with Crippen molar-refractivity contribution in [3.63, 3.8) is 0 Å². The third-order valence-electron chi connectivity index (χ3n) is 3.54. The molecule has 0 radical (unpaired) electrons. The van der Waals surface area contributed by atoms with Gasteiger partial charge in [-0.05, 0) is 17.7 Å². The number of rotatable bonds is 1. The highest BCUT2D eigenvalue weighted by atomic mass is 16.3. The molecule has 0 unspecified atom stereocenters. The lowest BCUT2D eigenvalue weighted by molar-refractivity contribution is 0.424. The van der Waals surface area contributed by atoms with Crippen molar-refractivity contribution < 1.29 is 4.42 Å². The molecule has 0 saturated carbocycles. The second-order valence-corrected chi connectivity index (χ2v) is 6.25. The molecule has 0 aliphatic heterocycles. The Morgan fingerprint density at radius 3 is 2.14 bits per heavy atom. The van der Waals surface area contributed by atoms with Crippen molar-refractivity contribution in [2.24, 2.45) is 0 Å². The highest BCUT2D eigenvalue weighted by Gasteiger charge is 2.25. The maximum Gasteiger partial charge on any atom is 0.200 e. The molecule has 0 aliphatic carbocycles. The Hall–Kier alpha value is -2.35. The predicted molar refractivity (Wildman–Crippen MR) is 86.6 cm³/mol. The lowest BCUT2D eigenvalue weighted by Gasteiger charge is -2.21. The van der Waals surface area contributed by atoms with Crippen molar-refractivity contribution >= 4 is 11.0 Å². The summed E-state index contributed by atoms with van der Waals surface area (Å²) in [4.78, 5) is 12.9. The van der Waals surface area contributed by atoms with Crippen LogP contribution in [0.3, 0.4) is 0 Å². The lowest BCUT2D eigenvalue weighted by Crippen LogP contribution is -2.19. The molecule has 2 heteroatoms. The second-order valence-electron chi connectivity index (χ2n) is 6.25. The normalized spacial score (nSPS) is 11.8. The summed E-state index contributed by atoms with van der Waals surface area (Å²) >= 11 is 0. The van der Waals surface area contributed by atoms with Gasteiger partial charge in [0.25, 0.3) is 0 Å².